The Balaban J connectivity index is 0.974. The summed E-state index contributed by atoms with van der Waals surface area (Å²) < 4.78 is 35.4. The van der Waals surface area contributed by atoms with Crippen LogP contribution in [0.4, 0.5) is 9.93 Å². The monoisotopic (exact) mass is 1050 g/mol. The van der Waals surface area contributed by atoms with Crippen LogP contribution in [-0.4, -0.2) is 115 Å². The van der Waals surface area contributed by atoms with Crippen LogP contribution in [0.5, 0.6) is 11.5 Å². The normalized spacial score (nSPS) is 21.7. The summed E-state index contributed by atoms with van der Waals surface area (Å²) in [6.45, 7) is 14.0. The zero-order valence-corrected chi connectivity index (χ0v) is 43.2. The lowest BCUT2D eigenvalue weighted by atomic mass is 9.80. The molecule has 22 nitrogen and oxygen atoms in total. The highest BCUT2D eigenvalue weighted by Crippen LogP contribution is 2.50. The first-order valence-electron chi connectivity index (χ1n) is 24.0. The van der Waals surface area contributed by atoms with E-state index < -0.39 is 112 Å². The molecule has 5 amide bonds. The van der Waals surface area contributed by atoms with Crippen LogP contribution >= 0.6 is 11.3 Å². The number of rotatable bonds is 12. The Kier molecular flexibility index (Phi) is 13.0. The zero-order chi connectivity index (χ0) is 54.0. The first kappa shape index (κ1) is 52.0. The molecule has 1 aliphatic carbocycles. The number of anilines is 1. The van der Waals surface area contributed by atoms with Crippen LogP contribution in [0.15, 0.2) is 83.3 Å². The third-order valence-corrected chi connectivity index (χ3v) is 12.9. The zero-order valence-electron chi connectivity index (χ0n) is 42.4. The minimum atomic E-state index is -2.75. The van der Waals surface area contributed by atoms with Gasteiger partial charge in [0.1, 0.15) is 41.2 Å². The molecule has 3 atom stereocenters. The number of nitrogens with zero attached hydrogens (tertiary/aromatic N) is 4. The third-order valence-electron chi connectivity index (χ3n) is 12.2. The second kappa shape index (κ2) is 18.8. The minimum absolute atomic E-state index is 0.00872. The second-order valence-corrected chi connectivity index (χ2v) is 22.2. The number of imide groups is 1. The number of carbonyl (C=O) groups excluding carboxylic acids is 8. The number of cyclic esters (lactones) is 1. The van der Waals surface area contributed by atoms with E-state index in [1.165, 1.54) is 38.3 Å². The van der Waals surface area contributed by atoms with Crippen LogP contribution in [0.3, 0.4) is 0 Å². The fraction of sp³-hybridized carbons (Fsp3) is 0.423. The Morgan fingerprint density at radius 3 is 1.81 bits per heavy atom. The molecule has 23 heteroatoms. The number of benzene rings is 3. The topological polar surface area (TPSA) is 266 Å². The lowest BCUT2D eigenvalue weighted by molar-refractivity contribution is -0.263. The highest BCUT2D eigenvalue weighted by molar-refractivity contribution is 7.14. The van der Waals surface area contributed by atoms with Crippen molar-refractivity contribution in [2.75, 3.05) is 11.9 Å². The predicted octanol–water partition coefficient (Wildman–Crippen LogP) is 6.06. The molecule has 1 unspecified atom stereocenters. The molecule has 1 saturated carbocycles. The number of thiazole rings is 1. The van der Waals surface area contributed by atoms with Gasteiger partial charge in [0.2, 0.25) is 5.60 Å². The number of fused-ring (bicyclic) bond motifs is 2. The molecule has 4 aliphatic heterocycles. The number of carbonyl (C=O) groups is 8. The van der Waals surface area contributed by atoms with Gasteiger partial charge in [-0.05, 0) is 80.9 Å². The number of esters is 3. The fourth-order valence-electron chi connectivity index (χ4n) is 8.67. The number of aromatic nitrogens is 1. The van der Waals surface area contributed by atoms with Crippen LogP contribution in [0.1, 0.15) is 126 Å². The van der Waals surface area contributed by atoms with E-state index in [0.29, 0.717) is 27.5 Å². The number of hydrogen-bond donors (Lipinski definition) is 2. The molecule has 394 valence electrons. The van der Waals surface area contributed by atoms with E-state index in [1.807, 2.05) is 60.7 Å². The average Bonchev–Trinajstić information content (AvgIpc) is 4.14. The van der Waals surface area contributed by atoms with E-state index in [-0.39, 0.29) is 46.3 Å². The van der Waals surface area contributed by atoms with E-state index in [2.05, 4.69) is 20.8 Å². The van der Waals surface area contributed by atoms with Crippen LogP contribution in [0.2, 0.25) is 0 Å². The van der Waals surface area contributed by atoms with Crippen molar-refractivity contribution in [3.05, 3.63) is 106 Å². The maximum atomic E-state index is 14.5. The average molecular weight is 1050 g/mol. The van der Waals surface area contributed by atoms with Gasteiger partial charge in [-0.3, -0.25) is 34.2 Å². The van der Waals surface area contributed by atoms with E-state index in [4.69, 9.17) is 38.1 Å². The molecule has 0 spiro atoms. The molecule has 3 aromatic carbocycles. The molecule has 5 aliphatic rings. The summed E-state index contributed by atoms with van der Waals surface area (Å²) in [6.07, 6.45) is -0.705. The Hall–Kier alpha value is -7.92. The lowest BCUT2D eigenvalue weighted by Crippen LogP contribution is -2.59. The summed E-state index contributed by atoms with van der Waals surface area (Å²) in [6, 6.07) is 17.4. The van der Waals surface area contributed by atoms with Gasteiger partial charge in [-0.2, -0.15) is 5.06 Å². The largest absolute Gasteiger partial charge is 0.457 e. The predicted molar refractivity (Wildman–Crippen MR) is 262 cm³/mol. The lowest BCUT2D eigenvalue weighted by Gasteiger charge is -2.38. The fourth-order valence-corrected chi connectivity index (χ4v) is 9.35. The molecule has 4 aromatic rings. The first-order chi connectivity index (χ1) is 35.2. The van der Waals surface area contributed by atoms with Gasteiger partial charge in [0.25, 0.3) is 23.6 Å². The highest BCUT2D eigenvalue weighted by atomic mass is 32.1. The van der Waals surface area contributed by atoms with Crippen molar-refractivity contribution in [1.29, 1.82) is 0 Å². The van der Waals surface area contributed by atoms with Gasteiger partial charge in [0, 0.05) is 29.3 Å². The van der Waals surface area contributed by atoms with Gasteiger partial charge in [-0.1, -0.05) is 65.8 Å². The molecule has 5 heterocycles. The van der Waals surface area contributed by atoms with Crippen molar-refractivity contribution in [2.45, 2.75) is 134 Å². The van der Waals surface area contributed by atoms with Crippen LogP contribution in [-0.2, 0) is 58.4 Å². The number of ether oxygens (including phenoxy) is 6. The van der Waals surface area contributed by atoms with E-state index in [0.717, 1.165) is 11.3 Å². The smallest absolute Gasteiger partial charge is 0.413 e. The third kappa shape index (κ3) is 9.96. The number of hydrogen-bond acceptors (Lipinski definition) is 19. The Morgan fingerprint density at radius 1 is 0.747 bits per heavy atom. The maximum Gasteiger partial charge on any atom is 0.413 e. The van der Waals surface area contributed by atoms with E-state index >= 15 is 0 Å². The number of amides is 5. The van der Waals surface area contributed by atoms with Gasteiger partial charge in [0.15, 0.2) is 22.3 Å². The molecule has 3 fully saturated rings. The standard InChI is InChI=1S/C52H54N6O16S/c1-47(2,3)71-43(64)50(21-16-22-50)74-56-37(33-27-75-45(54-33)55-46(66)73-49(7,8)9)38(59)53-32-26-67-58(41(32)62)51(44(65)72-48(4,5)6)25-34(42(63)70-51)57-39(60)30-23-35-36(24-31(30)40(57)61)69-52(68-35,28-17-12-10-13-18-28)29-19-14-11-15-20-29/h10-15,17-20,23-24,27,32,34H,16,21-22,25-26H2,1-9H3,(H,53,59)(H,54,55,66)/b56-37-/t32-,34-,51?/m0/s1. The Labute approximate surface area is 433 Å². The van der Waals surface area contributed by atoms with Crippen molar-refractivity contribution < 1.29 is 76.5 Å². The van der Waals surface area contributed by atoms with Crippen LogP contribution < -0.4 is 20.1 Å². The van der Waals surface area contributed by atoms with Crippen LogP contribution in [0.25, 0.3) is 0 Å². The summed E-state index contributed by atoms with van der Waals surface area (Å²) in [5.74, 6) is -8.58. The van der Waals surface area contributed by atoms with Gasteiger partial charge >= 0.3 is 35.5 Å². The van der Waals surface area contributed by atoms with E-state index in [1.54, 1.807) is 41.5 Å². The summed E-state index contributed by atoms with van der Waals surface area (Å²) in [5.41, 5.74) is -7.02. The SMILES string of the molecule is CC(C)(C)OC(=O)Nc1nc(/C(=N/OC2(C(=O)OC(C)(C)C)CCC2)C(=O)N[C@H]2CON(C3(C(=O)OC(C)(C)C)C[C@H](N4C(=O)c5cc6c(cc5C4=O)OC(c4ccccc4)(c4ccccc4)O6)C(=O)O3)C2=O)cs1. The molecule has 1 aromatic heterocycles. The molecule has 0 radical (unpaired) electrons. The maximum absolute atomic E-state index is 14.5. The van der Waals surface area contributed by atoms with Crippen LogP contribution in [0, 0.1) is 0 Å². The molecule has 75 heavy (non-hydrogen) atoms. The van der Waals surface area contributed by atoms with Crippen molar-refractivity contribution in [1.82, 2.24) is 20.3 Å². The van der Waals surface area contributed by atoms with E-state index in [9.17, 15) is 38.4 Å². The number of hydroxylamine groups is 2. The van der Waals surface area contributed by atoms with Crippen molar-refractivity contribution in [2.24, 2.45) is 5.16 Å². The number of nitrogens with one attached hydrogen (secondary N) is 2. The summed E-state index contributed by atoms with van der Waals surface area (Å²) >= 11 is 0.900. The summed E-state index contributed by atoms with van der Waals surface area (Å²) in [4.78, 5) is 129. The second-order valence-electron chi connectivity index (χ2n) is 21.3. The van der Waals surface area contributed by atoms with Gasteiger partial charge < -0.3 is 38.6 Å². The Bertz CT molecular complexity index is 2960. The summed E-state index contributed by atoms with van der Waals surface area (Å²) in [7, 11) is 0. The van der Waals surface area contributed by atoms with Crippen molar-refractivity contribution in [3.8, 4) is 11.5 Å². The van der Waals surface area contributed by atoms with Crippen molar-refractivity contribution in [3.63, 3.8) is 0 Å². The molecular formula is C52H54N6O16S. The molecule has 2 saturated heterocycles. The van der Waals surface area contributed by atoms with Crippen molar-refractivity contribution >= 4 is 69.8 Å². The highest BCUT2D eigenvalue weighted by Gasteiger charge is 2.66. The first-order valence-corrected chi connectivity index (χ1v) is 24.8. The molecular weight excluding hydrogens is 997 g/mol. The number of oxime groups is 1. The minimum Gasteiger partial charge on any atom is -0.457 e. The van der Waals surface area contributed by atoms with Gasteiger partial charge in [0.05, 0.1) is 17.5 Å². The molecule has 9 rings (SSSR count). The summed E-state index contributed by atoms with van der Waals surface area (Å²) in [5, 5.41) is 10.9. The van der Waals surface area contributed by atoms with Gasteiger partial charge in [-0.25, -0.2) is 24.2 Å². The molecule has 0 bridgehead atoms. The molecule has 2 N–H and O–H groups in total. The Morgan fingerprint density at radius 2 is 1.29 bits per heavy atom. The quantitative estimate of drug-likeness (QED) is 0.0537. The van der Waals surface area contributed by atoms with Gasteiger partial charge in [-0.15, -0.1) is 11.3 Å².